The third kappa shape index (κ3) is 3.41. The van der Waals surface area contributed by atoms with Gasteiger partial charge in [-0.05, 0) is 0 Å². The van der Waals surface area contributed by atoms with E-state index in [9.17, 15) is 35.7 Å². The number of hydrogen-bond acceptors (Lipinski definition) is 12. The third-order valence-electron chi connectivity index (χ3n) is 4.04. The second-order valence-electron chi connectivity index (χ2n) is 5.71. The molecule has 0 unspecified atom stereocenters. The molecule has 12 heteroatoms. The highest BCUT2D eigenvalue weighted by molar-refractivity contribution is 4.96. The maximum atomic E-state index is 10.2. The molecule has 12 nitrogen and oxygen atoms in total. The van der Waals surface area contributed by atoms with Gasteiger partial charge in [0, 0.05) is 0 Å². The lowest BCUT2D eigenvalue weighted by Crippen LogP contribution is -2.62. The van der Waals surface area contributed by atoms with E-state index in [0.29, 0.717) is 0 Å². The molecule has 0 aliphatic carbocycles. The molecule has 9 N–H and O–H groups in total. The van der Waals surface area contributed by atoms with Gasteiger partial charge < -0.3 is 55.4 Å². The summed E-state index contributed by atoms with van der Waals surface area (Å²) < 4.78 is 14.7. The summed E-state index contributed by atoms with van der Waals surface area (Å²) in [6.45, 7) is -1.59. The Hall–Kier alpha value is -0.480. The summed E-state index contributed by atoms with van der Waals surface area (Å²) in [5.41, 5.74) is 0. The van der Waals surface area contributed by atoms with Gasteiger partial charge in [-0.3, -0.25) is 4.74 Å². The van der Waals surface area contributed by atoms with Crippen LogP contribution in [0.1, 0.15) is 0 Å². The van der Waals surface area contributed by atoms with Gasteiger partial charge in [-0.15, -0.1) is 0 Å². The van der Waals surface area contributed by atoms with Crippen molar-refractivity contribution in [3.05, 3.63) is 0 Å². The van der Waals surface area contributed by atoms with Crippen molar-refractivity contribution in [1.82, 2.24) is 0 Å². The van der Waals surface area contributed by atoms with Crippen LogP contribution in [-0.2, 0) is 14.2 Å². The van der Waals surface area contributed by atoms with Crippen molar-refractivity contribution in [3.8, 4) is 0 Å². The molecule has 0 spiro atoms. The zero-order chi connectivity index (χ0) is 18.2. The van der Waals surface area contributed by atoms with Crippen LogP contribution in [0.3, 0.4) is 0 Å². The molecular formula is C12H22O12. The van der Waals surface area contributed by atoms with Gasteiger partial charge in [-0.25, -0.2) is 0 Å². The second kappa shape index (κ2) is 7.41. The van der Waals surface area contributed by atoms with Crippen LogP contribution >= 0.6 is 0 Å². The molecule has 2 aliphatic rings. The van der Waals surface area contributed by atoms with Crippen molar-refractivity contribution >= 4 is 0 Å². The Labute approximate surface area is 135 Å². The van der Waals surface area contributed by atoms with E-state index >= 15 is 0 Å². The first-order valence-electron chi connectivity index (χ1n) is 7.19. The predicted molar refractivity (Wildman–Crippen MR) is 69.8 cm³/mol. The summed E-state index contributed by atoms with van der Waals surface area (Å²) in [6, 6.07) is 0. The fraction of sp³-hybridized carbons (Fsp3) is 1.00. The lowest BCUT2D eigenvalue weighted by molar-refractivity contribution is -0.443. The Kier molecular flexibility index (Phi) is 6.12. The van der Waals surface area contributed by atoms with Gasteiger partial charge in [0.25, 0.3) is 0 Å². The van der Waals surface area contributed by atoms with Crippen LogP contribution in [0.5, 0.6) is 0 Å². The van der Waals surface area contributed by atoms with Gasteiger partial charge in [0.05, 0.1) is 13.2 Å². The first-order chi connectivity index (χ1) is 11.2. The Bertz CT molecular complexity index is 421. The molecule has 0 bridgehead atoms. The predicted octanol–water partition coefficient (Wildman–Crippen LogP) is -6.08. The highest BCUT2D eigenvalue weighted by Crippen LogP contribution is 2.35. The molecule has 0 amide bonds. The SMILES string of the molecule is OC[C@H](O)[C@H]1O[C@](O)(O[C@H]2O[C@H](CO)[C@@H](O)[C@H](O)[C@H]2O)[C@H](O)[C@H]1O. The molecule has 2 aliphatic heterocycles. The van der Waals surface area contributed by atoms with E-state index in [4.69, 9.17) is 24.4 Å². The van der Waals surface area contributed by atoms with Crippen LogP contribution in [0.25, 0.3) is 0 Å². The lowest BCUT2D eigenvalue weighted by atomic mass is 9.99. The molecule has 2 fully saturated rings. The Balaban J connectivity index is 2.13. The summed E-state index contributed by atoms with van der Waals surface area (Å²) in [4.78, 5) is 0. The van der Waals surface area contributed by atoms with Gasteiger partial charge in [0.2, 0.25) is 0 Å². The standard InChI is InChI=1S/C12H22O12/c13-1-3(15)9-8(19)10(20)12(21,23-9)24-11-7(18)6(17)5(16)4(2-14)22-11/h3-11,13-21H,1-2H2/t3-,4+,5+,6-,7+,8-,9+,10+,11+,12-/m0/s1. The topological polar surface area (TPSA) is 210 Å². The summed E-state index contributed by atoms with van der Waals surface area (Å²) in [6.07, 6.45) is -15.8. The van der Waals surface area contributed by atoms with Crippen molar-refractivity contribution in [2.75, 3.05) is 13.2 Å². The first kappa shape index (κ1) is 19.8. The van der Waals surface area contributed by atoms with Gasteiger partial charge in [0.15, 0.2) is 12.4 Å². The zero-order valence-corrected chi connectivity index (χ0v) is 12.4. The van der Waals surface area contributed by atoms with Crippen LogP contribution in [-0.4, -0.2) is 120 Å². The molecular weight excluding hydrogens is 336 g/mol. The third-order valence-corrected chi connectivity index (χ3v) is 4.04. The fourth-order valence-electron chi connectivity index (χ4n) is 2.57. The van der Waals surface area contributed by atoms with Crippen molar-refractivity contribution in [2.24, 2.45) is 0 Å². The summed E-state index contributed by atoms with van der Waals surface area (Å²) >= 11 is 0. The van der Waals surface area contributed by atoms with Crippen LogP contribution in [0.15, 0.2) is 0 Å². The van der Waals surface area contributed by atoms with Gasteiger partial charge >= 0.3 is 5.97 Å². The fourth-order valence-corrected chi connectivity index (χ4v) is 2.57. The molecule has 0 aromatic heterocycles. The van der Waals surface area contributed by atoms with Crippen molar-refractivity contribution in [1.29, 1.82) is 0 Å². The molecule has 0 saturated carbocycles. The number of rotatable bonds is 5. The number of ether oxygens (including phenoxy) is 3. The summed E-state index contributed by atoms with van der Waals surface area (Å²) in [5.74, 6) is -2.95. The van der Waals surface area contributed by atoms with Gasteiger partial charge in [-0.2, -0.15) is 0 Å². The summed E-state index contributed by atoms with van der Waals surface area (Å²) in [7, 11) is 0. The molecule has 2 rings (SSSR count). The summed E-state index contributed by atoms with van der Waals surface area (Å²) in [5, 5.41) is 86.3. The molecule has 0 aromatic carbocycles. The number of hydrogen-bond donors (Lipinski definition) is 9. The molecule has 0 radical (unpaired) electrons. The van der Waals surface area contributed by atoms with Crippen LogP contribution in [0, 0.1) is 0 Å². The highest BCUT2D eigenvalue weighted by Gasteiger charge is 2.59. The van der Waals surface area contributed by atoms with E-state index < -0.39 is 74.3 Å². The average Bonchev–Trinajstić information content (AvgIpc) is 2.79. The molecule has 24 heavy (non-hydrogen) atoms. The van der Waals surface area contributed by atoms with Gasteiger partial charge in [0.1, 0.15) is 42.7 Å². The second-order valence-corrected chi connectivity index (χ2v) is 5.71. The molecule has 2 heterocycles. The lowest BCUT2D eigenvalue weighted by Gasteiger charge is -2.42. The molecule has 142 valence electrons. The Morgan fingerprint density at radius 2 is 1.58 bits per heavy atom. The van der Waals surface area contributed by atoms with Crippen LogP contribution < -0.4 is 0 Å². The van der Waals surface area contributed by atoms with Crippen molar-refractivity contribution in [2.45, 2.75) is 61.1 Å². The average molecular weight is 358 g/mol. The van der Waals surface area contributed by atoms with E-state index in [-0.39, 0.29) is 0 Å². The normalized spacial score (nSPS) is 50.9. The molecule has 10 atom stereocenters. The Morgan fingerprint density at radius 1 is 0.958 bits per heavy atom. The highest BCUT2D eigenvalue weighted by atomic mass is 16.9. The number of aliphatic hydroxyl groups excluding tert-OH is 8. The van der Waals surface area contributed by atoms with Crippen molar-refractivity contribution < 1.29 is 60.2 Å². The largest absolute Gasteiger partial charge is 0.394 e. The van der Waals surface area contributed by atoms with Crippen LogP contribution in [0.2, 0.25) is 0 Å². The van der Waals surface area contributed by atoms with E-state index in [0.717, 1.165) is 0 Å². The Morgan fingerprint density at radius 3 is 2.12 bits per heavy atom. The minimum absolute atomic E-state index is 0.749. The smallest absolute Gasteiger partial charge is 0.313 e. The maximum absolute atomic E-state index is 10.2. The quantitative estimate of drug-likeness (QED) is 0.210. The zero-order valence-electron chi connectivity index (χ0n) is 12.4. The first-order valence-corrected chi connectivity index (χ1v) is 7.19. The van der Waals surface area contributed by atoms with E-state index in [1.807, 2.05) is 0 Å². The van der Waals surface area contributed by atoms with Gasteiger partial charge in [-0.1, -0.05) is 0 Å². The van der Waals surface area contributed by atoms with Crippen molar-refractivity contribution in [3.63, 3.8) is 0 Å². The monoisotopic (exact) mass is 358 g/mol. The van der Waals surface area contributed by atoms with E-state index in [1.165, 1.54) is 0 Å². The number of aliphatic hydroxyl groups is 9. The maximum Gasteiger partial charge on any atom is 0.313 e. The molecule has 2 saturated heterocycles. The molecule has 0 aromatic rings. The minimum atomic E-state index is -2.95. The van der Waals surface area contributed by atoms with Crippen LogP contribution in [0.4, 0.5) is 0 Å². The van der Waals surface area contributed by atoms with E-state index in [2.05, 4.69) is 0 Å². The van der Waals surface area contributed by atoms with E-state index in [1.54, 1.807) is 0 Å². The minimum Gasteiger partial charge on any atom is -0.394 e.